The summed E-state index contributed by atoms with van der Waals surface area (Å²) < 4.78 is 4.98. The van der Waals surface area contributed by atoms with Crippen LogP contribution in [0.5, 0.6) is 0 Å². The molecule has 1 aliphatic rings. The second kappa shape index (κ2) is 6.43. The highest BCUT2D eigenvalue weighted by atomic mass is 32.2. The van der Waals surface area contributed by atoms with Crippen LogP contribution >= 0.6 is 23.5 Å². The maximum Gasteiger partial charge on any atom is 0.318 e. The van der Waals surface area contributed by atoms with Crippen LogP contribution in [0.4, 0.5) is 0 Å². The Bertz CT molecular complexity index is 237. The summed E-state index contributed by atoms with van der Waals surface area (Å²) in [5.41, 5.74) is 0. The summed E-state index contributed by atoms with van der Waals surface area (Å²) in [6.07, 6.45) is 1.15. The highest BCUT2D eigenvalue weighted by Gasteiger charge is 2.35. The minimum atomic E-state index is -0.583. The van der Waals surface area contributed by atoms with E-state index in [0.717, 1.165) is 17.9 Å². The summed E-state index contributed by atoms with van der Waals surface area (Å²) in [7, 11) is 0. The molecule has 0 aliphatic carbocycles. The molecule has 1 heterocycles. The monoisotopic (exact) mass is 248 g/mol. The van der Waals surface area contributed by atoms with Gasteiger partial charge in [0.1, 0.15) is 11.7 Å². The van der Waals surface area contributed by atoms with Gasteiger partial charge >= 0.3 is 5.97 Å². The van der Waals surface area contributed by atoms with Gasteiger partial charge in [-0.05, 0) is 31.8 Å². The first kappa shape index (κ1) is 12.9. The quantitative estimate of drug-likeness (QED) is 0.562. The average molecular weight is 248 g/mol. The van der Waals surface area contributed by atoms with Crippen LogP contribution in [0.25, 0.3) is 0 Å². The molecule has 1 atom stereocenters. The number of carbonyl (C=O) groups excluding carboxylic acids is 2. The van der Waals surface area contributed by atoms with E-state index >= 15 is 0 Å². The summed E-state index contributed by atoms with van der Waals surface area (Å²) in [6.45, 7) is 3.57. The average Bonchev–Trinajstić information content (AvgIpc) is 2.19. The van der Waals surface area contributed by atoms with E-state index in [2.05, 4.69) is 0 Å². The molecule has 1 rings (SSSR count). The minimum Gasteiger partial charge on any atom is -0.465 e. The Kier molecular flexibility index (Phi) is 5.53. The number of rotatable bonds is 4. The van der Waals surface area contributed by atoms with Crippen molar-refractivity contribution in [2.45, 2.75) is 24.9 Å². The molecule has 0 radical (unpaired) electrons. The molecule has 0 N–H and O–H groups in total. The largest absolute Gasteiger partial charge is 0.465 e. The van der Waals surface area contributed by atoms with Gasteiger partial charge in [-0.25, -0.2) is 0 Å². The second-order valence-corrected chi connectivity index (χ2v) is 6.10. The number of esters is 1. The number of carbonyl (C=O) groups is 2. The summed E-state index contributed by atoms with van der Waals surface area (Å²) in [6, 6.07) is 0. The van der Waals surface area contributed by atoms with Crippen LogP contribution < -0.4 is 0 Å². The van der Waals surface area contributed by atoms with Gasteiger partial charge in [-0.2, -0.15) is 0 Å². The van der Waals surface area contributed by atoms with Gasteiger partial charge in [0.15, 0.2) is 0 Å². The van der Waals surface area contributed by atoms with E-state index in [-0.39, 0.29) is 16.3 Å². The molecular formula is C10H16O3S2. The summed E-state index contributed by atoms with van der Waals surface area (Å²) in [5, 5.41) is 0. The summed E-state index contributed by atoms with van der Waals surface area (Å²) >= 11 is 3.39. The SMILES string of the molecule is CCOC(=O)[C@@H](C(C)=O)C1SCCCS1. The zero-order chi connectivity index (χ0) is 11.3. The topological polar surface area (TPSA) is 43.4 Å². The van der Waals surface area contributed by atoms with Gasteiger partial charge in [-0.1, -0.05) is 0 Å². The van der Waals surface area contributed by atoms with E-state index in [4.69, 9.17) is 4.74 Å². The van der Waals surface area contributed by atoms with Crippen molar-refractivity contribution in [3.8, 4) is 0 Å². The Labute approximate surface area is 98.7 Å². The van der Waals surface area contributed by atoms with Gasteiger partial charge < -0.3 is 4.74 Å². The first-order chi connectivity index (χ1) is 7.16. The third kappa shape index (κ3) is 3.72. The van der Waals surface area contributed by atoms with Crippen LogP contribution in [0.3, 0.4) is 0 Å². The molecule has 0 unspecified atom stereocenters. The van der Waals surface area contributed by atoms with Crippen LogP contribution in [-0.2, 0) is 14.3 Å². The predicted octanol–water partition coefficient (Wildman–Crippen LogP) is 1.95. The number of thioether (sulfide) groups is 2. The van der Waals surface area contributed by atoms with E-state index in [1.165, 1.54) is 6.92 Å². The van der Waals surface area contributed by atoms with Gasteiger partial charge in [0, 0.05) is 0 Å². The standard InChI is InChI=1S/C10H16O3S2/c1-3-13-9(12)8(7(2)11)10-14-5-4-6-15-10/h8,10H,3-6H2,1-2H3/t8-/m1/s1. The highest BCUT2D eigenvalue weighted by Crippen LogP contribution is 2.36. The number of hydrogen-bond donors (Lipinski definition) is 0. The smallest absolute Gasteiger partial charge is 0.318 e. The summed E-state index contributed by atoms with van der Waals surface area (Å²) in [5.74, 6) is 1.03. The molecule has 86 valence electrons. The summed E-state index contributed by atoms with van der Waals surface area (Å²) in [4.78, 5) is 23.0. The molecule has 0 saturated carbocycles. The van der Waals surface area contributed by atoms with E-state index in [1.54, 1.807) is 30.4 Å². The fraction of sp³-hybridized carbons (Fsp3) is 0.800. The van der Waals surface area contributed by atoms with Crippen molar-refractivity contribution in [2.24, 2.45) is 5.92 Å². The molecule has 3 nitrogen and oxygen atoms in total. The molecular weight excluding hydrogens is 232 g/mol. The van der Waals surface area contributed by atoms with Crippen molar-refractivity contribution in [3.05, 3.63) is 0 Å². The third-order valence-corrected chi connectivity index (χ3v) is 5.17. The lowest BCUT2D eigenvalue weighted by molar-refractivity contribution is -0.150. The van der Waals surface area contributed by atoms with Crippen molar-refractivity contribution >= 4 is 35.3 Å². The van der Waals surface area contributed by atoms with E-state index in [1.807, 2.05) is 0 Å². The number of Topliss-reactive ketones (excluding diaryl/α,β-unsaturated/α-hetero) is 1. The zero-order valence-electron chi connectivity index (χ0n) is 9.02. The van der Waals surface area contributed by atoms with Crippen LogP contribution in [0.2, 0.25) is 0 Å². The Morgan fingerprint density at radius 1 is 1.40 bits per heavy atom. The van der Waals surface area contributed by atoms with Crippen molar-refractivity contribution in [1.82, 2.24) is 0 Å². The van der Waals surface area contributed by atoms with Crippen molar-refractivity contribution in [3.63, 3.8) is 0 Å². The Morgan fingerprint density at radius 3 is 2.47 bits per heavy atom. The lowest BCUT2D eigenvalue weighted by Crippen LogP contribution is -2.33. The minimum absolute atomic E-state index is 0.0512. The van der Waals surface area contributed by atoms with Crippen molar-refractivity contribution in [2.75, 3.05) is 18.1 Å². The van der Waals surface area contributed by atoms with Crippen molar-refractivity contribution in [1.29, 1.82) is 0 Å². The third-order valence-electron chi connectivity index (χ3n) is 2.10. The first-order valence-corrected chi connectivity index (χ1v) is 7.17. The zero-order valence-corrected chi connectivity index (χ0v) is 10.7. The molecule has 0 aromatic rings. The van der Waals surface area contributed by atoms with Crippen molar-refractivity contribution < 1.29 is 14.3 Å². The van der Waals surface area contributed by atoms with Gasteiger partial charge in [0.05, 0.1) is 11.2 Å². The molecule has 0 aromatic heterocycles. The van der Waals surface area contributed by atoms with Crippen LogP contribution in [0, 0.1) is 5.92 Å². The Hall–Kier alpha value is -0.160. The fourth-order valence-corrected chi connectivity index (χ4v) is 4.62. The number of ether oxygens (including phenoxy) is 1. The van der Waals surface area contributed by atoms with Gasteiger partial charge in [-0.15, -0.1) is 23.5 Å². The maximum absolute atomic E-state index is 11.6. The van der Waals surface area contributed by atoms with E-state index in [9.17, 15) is 9.59 Å². The Balaban J connectivity index is 2.63. The fourth-order valence-electron chi connectivity index (χ4n) is 1.40. The number of hydrogen-bond acceptors (Lipinski definition) is 5. The first-order valence-electron chi connectivity index (χ1n) is 5.07. The number of ketones is 1. The lowest BCUT2D eigenvalue weighted by atomic mass is 10.1. The molecule has 1 saturated heterocycles. The Morgan fingerprint density at radius 2 is 2.00 bits per heavy atom. The molecule has 0 spiro atoms. The van der Waals surface area contributed by atoms with E-state index < -0.39 is 5.92 Å². The van der Waals surface area contributed by atoms with E-state index in [0.29, 0.717) is 6.61 Å². The molecule has 0 amide bonds. The lowest BCUT2D eigenvalue weighted by Gasteiger charge is -2.26. The van der Waals surface area contributed by atoms with Crippen LogP contribution in [0.1, 0.15) is 20.3 Å². The molecule has 1 fully saturated rings. The van der Waals surface area contributed by atoms with Gasteiger partial charge in [0.25, 0.3) is 0 Å². The molecule has 15 heavy (non-hydrogen) atoms. The van der Waals surface area contributed by atoms with Crippen LogP contribution in [-0.4, -0.2) is 34.4 Å². The maximum atomic E-state index is 11.6. The highest BCUT2D eigenvalue weighted by molar-refractivity contribution is 8.17. The van der Waals surface area contributed by atoms with Gasteiger partial charge in [-0.3, -0.25) is 9.59 Å². The van der Waals surface area contributed by atoms with Gasteiger partial charge in [0.2, 0.25) is 0 Å². The predicted molar refractivity (Wildman–Crippen MR) is 64.1 cm³/mol. The molecule has 5 heteroatoms. The molecule has 0 aromatic carbocycles. The molecule has 1 aliphatic heterocycles. The van der Waals surface area contributed by atoms with Crippen LogP contribution in [0.15, 0.2) is 0 Å². The normalized spacial score (nSPS) is 19.6. The second-order valence-electron chi connectivity index (χ2n) is 3.30. The molecule has 0 bridgehead atoms.